The van der Waals surface area contributed by atoms with Crippen LogP contribution in [0.2, 0.25) is 0 Å². The van der Waals surface area contributed by atoms with Crippen LogP contribution in [0.15, 0.2) is 34.7 Å². The molecule has 1 unspecified atom stereocenters. The summed E-state index contributed by atoms with van der Waals surface area (Å²) in [6.45, 7) is -0.0849. The third-order valence-corrected chi connectivity index (χ3v) is 7.73. The lowest BCUT2D eigenvalue weighted by Gasteiger charge is -2.27. The van der Waals surface area contributed by atoms with Crippen LogP contribution in [-0.2, 0) is 10.2 Å². The average molecular weight is 467 g/mol. The molecule has 2 aromatic heterocycles. The van der Waals surface area contributed by atoms with Gasteiger partial charge in [0.1, 0.15) is 12.0 Å². The molecular formula is C19H19F2N5O5S. The number of aromatic nitrogens is 2. The first-order valence-electron chi connectivity index (χ1n) is 9.86. The van der Waals surface area contributed by atoms with Gasteiger partial charge >= 0.3 is 10.2 Å². The Labute approximate surface area is 181 Å². The van der Waals surface area contributed by atoms with Gasteiger partial charge in [0.15, 0.2) is 11.5 Å². The molecule has 1 N–H and O–H groups in total. The first-order chi connectivity index (χ1) is 15.1. The molecule has 5 rings (SSSR count). The first-order valence-corrected chi connectivity index (χ1v) is 11.3. The van der Waals surface area contributed by atoms with E-state index in [0.29, 0.717) is 17.8 Å². The Kier molecular flexibility index (Phi) is 4.45. The highest BCUT2D eigenvalue weighted by Gasteiger charge is 2.59. The van der Waals surface area contributed by atoms with E-state index in [1.54, 1.807) is 6.07 Å². The van der Waals surface area contributed by atoms with Gasteiger partial charge in [-0.3, -0.25) is 4.79 Å². The Hall–Kier alpha value is -3.22. The molecule has 0 aromatic carbocycles. The molecule has 1 saturated carbocycles. The molecule has 1 aliphatic carbocycles. The van der Waals surface area contributed by atoms with Crippen molar-refractivity contribution >= 4 is 33.2 Å². The number of fused-ring (bicyclic) bond motifs is 1. The summed E-state index contributed by atoms with van der Waals surface area (Å²) in [5.41, 5.74) is 1.19. The second kappa shape index (κ2) is 6.89. The molecule has 2 aliphatic heterocycles. The van der Waals surface area contributed by atoms with E-state index < -0.39 is 22.0 Å². The first kappa shape index (κ1) is 20.7. The highest BCUT2D eigenvalue weighted by molar-refractivity contribution is 7.94. The number of amides is 1. The smallest absolute Gasteiger partial charge is 0.327 e. The molecule has 4 heterocycles. The molecule has 3 aliphatic rings. The number of hydrogen-bond donors (Lipinski definition) is 1. The minimum absolute atomic E-state index is 0.0587. The summed E-state index contributed by atoms with van der Waals surface area (Å²) >= 11 is 0. The molecule has 0 radical (unpaired) electrons. The Morgan fingerprint density at radius 2 is 2.09 bits per heavy atom. The predicted octanol–water partition coefficient (Wildman–Crippen LogP) is 2.04. The van der Waals surface area contributed by atoms with Crippen molar-refractivity contribution in [3.63, 3.8) is 0 Å². The number of anilines is 2. The SMILES string of the molecule is CN1c2nc(C3=C(O)CN(C(=O)c4ccon4)CC3)ccc2N(CC2CC2(F)F)S1(=O)=O. The number of pyridine rings is 1. The van der Waals surface area contributed by atoms with E-state index in [9.17, 15) is 27.1 Å². The van der Waals surface area contributed by atoms with Gasteiger partial charge in [-0.05, 0) is 18.6 Å². The lowest BCUT2D eigenvalue weighted by molar-refractivity contribution is 0.0736. The minimum Gasteiger partial charge on any atom is -0.510 e. The monoisotopic (exact) mass is 467 g/mol. The molecule has 1 fully saturated rings. The lowest BCUT2D eigenvalue weighted by Crippen LogP contribution is -2.37. The zero-order valence-corrected chi connectivity index (χ0v) is 17.7. The molecule has 0 spiro atoms. The minimum atomic E-state index is -4.01. The molecule has 2 aromatic rings. The number of aliphatic hydroxyl groups is 1. The number of carbonyl (C=O) groups is 1. The van der Waals surface area contributed by atoms with Gasteiger partial charge in [-0.2, -0.15) is 8.42 Å². The lowest BCUT2D eigenvalue weighted by atomic mass is 10.0. The third-order valence-electron chi connectivity index (χ3n) is 5.96. The van der Waals surface area contributed by atoms with Crippen LogP contribution in [0.25, 0.3) is 5.57 Å². The summed E-state index contributed by atoms with van der Waals surface area (Å²) in [6, 6.07) is 4.48. The summed E-state index contributed by atoms with van der Waals surface area (Å²) in [4.78, 5) is 18.2. The molecule has 0 saturated heterocycles. The largest absolute Gasteiger partial charge is 0.510 e. The van der Waals surface area contributed by atoms with Gasteiger partial charge in [0.2, 0.25) is 0 Å². The number of aliphatic hydroxyl groups excluding tert-OH is 1. The zero-order chi connectivity index (χ0) is 22.8. The molecule has 1 atom stereocenters. The average Bonchev–Trinajstić information content (AvgIpc) is 3.09. The molecule has 170 valence electrons. The molecule has 10 nitrogen and oxygen atoms in total. The van der Waals surface area contributed by atoms with Gasteiger partial charge in [-0.1, -0.05) is 5.16 Å². The van der Waals surface area contributed by atoms with Gasteiger partial charge in [0, 0.05) is 44.1 Å². The number of rotatable bonds is 4. The Bertz CT molecular complexity index is 1230. The van der Waals surface area contributed by atoms with Crippen LogP contribution < -0.4 is 8.61 Å². The summed E-state index contributed by atoms with van der Waals surface area (Å²) in [5.74, 6) is -4.22. The van der Waals surface area contributed by atoms with Crippen LogP contribution in [0.5, 0.6) is 0 Å². The number of alkyl halides is 2. The van der Waals surface area contributed by atoms with Crippen LogP contribution in [-0.4, -0.2) is 67.1 Å². The van der Waals surface area contributed by atoms with E-state index >= 15 is 0 Å². The quantitative estimate of drug-likeness (QED) is 0.731. The van der Waals surface area contributed by atoms with Crippen molar-refractivity contribution in [1.82, 2.24) is 15.0 Å². The molecular weight excluding hydrogens is 448 g/mol. The Balaban J connectivity index is 1.41. The molecule has 13 heteroatoms. The highest BCUT2D eigenvalue weighted by atomic mass is 32.2. The van der Waals surface area contributed by atoms with Crippen molar-refractivity contribution < 1.29 is 31.6 Å². The Morgan fingerprint density at radius 3 is 2.72 bits per heavy atom. The van der Waals surface area contributed by atoms with Crippen LogP contribution in [0.1, 0.15) is 29.0 Å². The van der Waals surface area contributed by atoms with Crippen molar-refractivity contribution in [1.29, 1.82) is 0 Å². The van der Waals surface area contributed by atoms with Crippen molar-refractivity contribution in [3.8, 4) is 0 Å². The van der Waals surface area contributed by atoms with Crippen molar-refractivity contribution in [2.24, 2.45) is 5.92 Å². The fourth-order valence-electron chi connectivity index (χ4n) is 3.96. The van der Waals surface area contributed by atoms with E-state index in [1.807, 2.05) is 0 Å². The molecule has 32 heavy (non-hydrogen) atoms. The normalized spacial score (nSPS) is 23.5. The van der Waals surface area contributed by atoms with Crippen LogP contribution in [0, 0.1) is 5.92 Å². The fraction of sp³-hybridized carbons (Fsp3) is 0.421. The van der Waals surface area contributed by atoms with Gasteiger partial charge in [-0.25, -0.2) is 22.4 Å². The summed E-state index contributed by atoms with van der Waals surface area (Å²) in [6.07, 6.45) is 1.23. The number of hydrogen-bond acceptors (Lipinski definition) is 7. The van der Waals surface area contributed by atoms with Crippen LogP contribution >= 0.6 is 0 Å². The van der Waals surface area contributed by atoms with Crippen LogP contribution in [0.4, 0.5) is 20.3 Å². The Morgan fingerprint density at radius 1 is 1.34 bits per heavy atom. The predicted molar refractivity (Wildman–Crippen MR) is 109 cm³/mol. The number of halogens is 2. The van der Waals surface area contributed by atoms with E-state index in [2.05, 4.69) is 14.7 Å². The van der Waals surface area contributed by atoms with E-state index in [-0.39, 0.29) is 54.8 Å². The summed E-state index contributed by atoms with van der Waals surface area (Å²) in [7, 11) is -2.70. The highest BCUT2D eigenvalue weighted by Crippen LogP contribution is 2.51. The van der Waals surface area contributed by atoms with Crippen molar-refractivity contribution in [2.75, 3.05) is 35.3 Å². The standard InChI is InChI=1S/C19H19F2N5O5S/c1-24-17-15(26(32(24,29)30)9-11-8-19(11,20)21)3-2-13(22-17)12-4-6-25(10-16(12)27)18(28)14-5-7-31-23-14/h2-3,5,7,11,27H,4,6,8-10H2,1H3. The zero-order valence-electron chi connectivity index (χ0n) is 16.9. The van der Waals surface area contributed by atoms with Crippen molar-refractivity contribution in [3.05, 3.63) is 41.6 Å². The molecule has 1 amide bonds. The summed E-state index contributed by atoms with van der Waals surface area (Å²) in [5, 5.41) is 14.2. The second-order valence-electron chi connectivity index (χ2n) is 7.99. The summed E-state index contributed by atoms with van der Waals surface area (Å²) < 4.78 is 58.9. The van der Waals surface area contributed by atoms with Gasteiger partial charge < -0.3 is 14.5 Å². The fourth-order valence-corrected chi connectivity index (χ4v) is 5.37. The number of carbonyl (C=O) groups excluding carboxylic acids is 1. The van der Waals surface area contributed by atoms with E-state index in [0.717, 1.165) is 8.61 Å². The van der Waals surface area contributed by atoms with E-state index in [1.165, 1.54) is 30.3 Å². The third kappa shape index (κ3) is 3.18. The topological polar surface area (TPSA) is 120 Å². The van der Waals surface area contributed by atoms with Gasteiger partial charge in [-0.15, -0.1) is 0 Å². The van der Waals surface area contributed by atoms with E-state index in [4.69, 9.17) is 0 Å². The maximum atomic E-state index is 13.4. The second-order valence-corrected chi connectivity index (χ2v) is 9.88. The van der Waals surface area contributed by atoms with Gasteiger partial charge in [0.05, 0.1) is 17.9 Å². The van der Waals surface area contributed by atoms with Crippen molar-refractivity contribution in [2.45, 2.75) is 18.8 Å². The van der Waals surface area contributed by atoms with Crippen LogP contribution in [0.3, 0.4) is 0 Å². The number of nitrogens with zero attached hydrogens (tertiary/aromatic N) is 5. The van der Waals surface area contributed by atoms with Gasteiger partial charge in [0.25, 0.3) is 11.8 Å². The molecule has 0 bridgehead atoms. The maximum absolute atomic E-state index is 13.4. The maximum Gasteiger partial charge on any atom is 0.327 e.